The SMILES string of the molecule is CN(C(=O)CCc1nc2c(F)cccc2[nH]1)C1CCNCC1. The molecule has 1 fully saturated rings. The van der Waals surface area contributed by atoms with Crippen molar-refractivity contribution in [2.45, 2.75) is 31.7 Å². The molecule has 0 aliphatic carbocycles. The molecule has 2 heterocycles. The average molecular weight is 304 g/mol. The maximum Gasteiger partial charge on any atom is 0.223 e. The number of H-pyrrole nitrogens is 1. The van der Waals surface area contributed by atoms with Gasteiger partial charge in [0.1, 0.15) is 11.3 Å². The predicted octanol–water partition coefficient (Wildman–Crippen LogP) is 1.84. The van der Waals surface area contributed by atoms with Crippen molar-refractivity contribution < 1.29 is 9.18 Å². The minimum Gasteiger partial charge on any atom is -0.343 e. The van der Waals surface area contributed by atoms with E-state index in [1.54, 1.807) is 12.1 Å². The molecular weight excluding hydrogens is 283 g/mol. The maximum absolute atomic E-state index is 13.6. The topological polar surface area (TPSA) is 61.0 Å². The number of aromatic nitrogens is 2. The third-order valence-corrected chi connectivity index (χ3v) is 4.34. The minimum atomic E-state index is -0.335. The number of fused-ring (bicyclic) bond motifs is 1. The van der Waals surface area contributed by atoms with E-state index in [9.17, 15) is 9.18 Å². The number of para-hydroxylation sites is 1. The molecule has 3 rings (SSSR count). The third-order valence-electron chi connectivity index (χ3n) is 4.34. The normalized spacial score (nSPS) is 16.1. The van der Waals surface area contributed by atoms with Crippen molar-refractivity contribution in [3.05, 3.63) is 29.8 Å². The van der Waals surface area contributed by atoms with Crippen molar-refractivity contribution >= 4 is 16.9 Å². The van der Waals surface area contributed by atoms with Gasteiger partial charge in [0.25, 0.3) is 0 Å². The van der Waals surface area contributed by atoms with Crippen LogP contribution < -0.4 is 5.32 Å². The first-order chi connectivity index (χ1) is 10.6. The van der Waals surface area contributed by atoms with Crippen LogP contribution in [0.2, 0.25) is 0 Å². The molecule has 2 aromatic rings. The fourth-order valence-electron chi connectivity index (χ4n) is 2.97. The second-order valence-corrected chi connectivity index (χ2v) is 5.81. The van der Waals surface area contributed by atoms with Crippen LogP contribution in [0.25, 0.3) is 11.0 Å². The molecule has 2 N–H and O–H groups in total. The quantitative estimate of drug-likeness (QED) is 0.906. The molecule has 0 unspecified atom stereocenters. The lowest BCUT2D eigenvalue weighted by atomic mass is 10.0. The monoisotopic (exact) mass is 304 g/mol. The van der Waals surface area contributed by atoms with Crippen LogP contribution in [0.3, 0.4) is 0 Å². The summed E-state index contributed by atoms with van der Waals surface area (Å²) in [6.45, 7) is 1.93. The molecular formula is C16H21FN4O. The van der Waals surface area contributed by atoms with Crippen LogP contribution in [-0.2, 0) is 11.2 Å². The molecule has 5 nitrogen and oxygen atoms in total. The Labute approximate surface area is 128 Å². The summed E-state index contributed by atoms with van der Waals surface area (Å²) in [6, 6.07) is 5.15. The Morgan fingerprint density at radius 3 is 2.91 bits per heavy atom. The van der Waals surface area contributed by atoms with Crippen molar-refractivity contribution in [1.82, 2.24) is 20.2 Å². The van der Waals surface area contributed by atoms with E-state index in [1.807, 2.05) is 11.9 Å². The Morgan fingerprint density at radius 1 is 1.41 bits per heavy atom. The van der Waals surface area contributed by atoms with E-state index in [0.29, 0.717) is 35.7 Å². The van der Waals surface area contributed by atoms with Gasteiger partial charge in [0.05, 0.1) is 5.52 Å². The minimum absolute atomic E-state index is 0.118. The van der Waals surface area contributed by atoms with Gasteiger partial charge in [0.2, 0.25) is 5.91 Å². The van der Waals surface area contributed by atoms with Crippen molar-refractivity contribution in [1.29, 1.82) is 0 Å². The Kier molecular flexibility index (Phi) is 4.38. The summed E-state index contributed by atoms with van der Waals surface area (Å²) < 4.78 is 13.6. The number of carbonyl (C=O) groups is 1. The second kappa shape index (κ2) is 6.44. The summed E-state index contributed by atoms with van der Waals surface area (Å²) in [5.41, 5.74) is 1.02. The first kappa shape index (κ1) is 15.0. The van der Waals surface area contributed by atoms with Crippen LogP contribution >= 0.6 is 0 Å². The Bertz CT molecular complexity index is 663. The largest absolute Gasteiger partial charge is 0.343 e. The molecule has 1 saturated heterocycles. The number of hydrogen-bond donors (Lipinski definition) is 2. The number of amides is 1. The van der Waals surface area contributed by atoms with Crippen molar-refractivity contribution in [2.75, 3.05) is 20.1 Å². The van der Waals surface area contributed by atoms with Crippen LogP contribution in [0.4, 0.5) is 4.39 Å². The Balaban J connectivity index is 1.60. The highest BCUT2D eigenvalue weighted by Gasteiger charge is 2.21. The number of aromatic amines is 1. The van der Waals surface area contributed by atoms with Gasteiger partial charge in [-0.2, -0.15) is 0 Å². The number of carbonyl (C=O) groups excluding carboxylic acids is 1. The van der Waals surface area contributed by atoms with Crippen LogP contribution in [-0.4, -0.2) is 47.0 Å². The highest BCUT2D eigenvalue weighted by atomic mass is 19.1. The first-order valence-electron chi connectivity index (χ1n) is 7.74. The van der Waals surface area contributed by atoms with Gasteiger partial charge in [0, 0.05) is 25.9 Å². The fraction of sp³-hybridized carbons (Fsp3) is 0.500. The number of nitrogens with one attached hydrogen (secondary N) is 2. The van der Waals surface area contributed by atoms with Crippen LogP contribution in [0.1, 0.15) is 25.1 Å². The molecule has 0 bridgehead atoms. The van der Waals surface area contributed by atoms with Gasteiger partial charge in [-0.15, -0.1) is 0 Å². The van der Waals surface area contributed by atoms with Gasteiger partial charge in [0.15, 0.2) is 5.82 Å². The predicted molar refractivity (Wildman–Crippen MR) is 83.0 cm³/mol. The molecule has 6 heteroatoms. The highest BCUT2D eigenvalue weighted by Crippen LogP contribution is 2.16. The maximum atomic E-state index is 13.6. The number of aryl methyl sites for hydroxylation is 1. The lowest BCUT2D eigenvalue weighted by Crippen LogP contribution is -2.44. The molecule has 1 aromatic carbocycles. The van der Waals surface area contributed by atoms with E-state index in [1.165, 1.54) is 6.07 Å². The lowest BCUT2D eigenvalue weighted by Gasteiger charge is -2.31. The van der Waals surface area contributed by atoms with E-state index in [0.717, 1.165) is 25.9 Å². The van der Waals surface area contributed by atoms with Crippen molar-refractivity contribution in [3.8, 4) is 0 Å². The number of imidazole rings is 1. The molecule has 22 heavy (non-hydrogen) atoms. The molecule has 1 amide bonds. The number of halogens is 1. The molecule has 1 aliphatic heterocycles. The summed E-state index contributed by atoms with van der Waals surface area (Å²) in [6.07, 6.45) is 2.89. The van der Waals surface area contributed by atoms with E-state index < -0.39 is 0 Å². The summed E-state index contributed by atoms with van der Waals surface area (Å²) in [7, 11) is 1.87. The smallest absolute Gasteiger partial charge is 0.223 e. The molecule has 0 atom stereocenters. The van der Waals surface area contributed by atoms with Gasteiger partial charge in [-0.1, -0.05) is 6.07 Å². The van der Waals surface area contributed by atoms with Crippen molar-refractivity contribution in [3.63, 3.8) is 0 Å². The standard InChI is InChI=1S/C16H21FN4O/c1-21(11-7-9-18-10-8-11)15(22)6-5-14-19-13-4-2-3-12(17)16(13)20-14/h2-4,11,18H,5-10H2,1H3,(H,19,20). The molecule has 1 aromatic heterocycles. The Morgan fingerprint density at radius 2 is 2.18 bits per heavy atom. The molecule has 1 aliphatic rings. The van der Waals surface area contributed by atoms with Crippen molar-refractivity contribution in [2.24, 2.45) is 0 Å². The Hall–Kier alpha value is -1.95. The zero-order valence-electron chi connectivity index (χ0n) is 12.7. The molecule has 118 valence electrons. The number of rotatable bonds is 4. The number of hydrogen-bond acceptors (Lipinski definition) is 3. The molecule has 0 radical (unpaired) electrons. The molecule has 0 saturated carbocycles. The average Bonchev–Trinajstić information content (AvgIpc) is 2.97. The third kappa shape index (κ3) is 3.11. The van der Waals surface area contributed by atoms with Gasteiger partial charge in [-0.25, -0.2) is 9.37 Å². The van der Waals surface area contributed by atoms with Gasteiger partial charge in [-0.05, 0) is 38.1 Å². The first-order valence-corrected chi connectivity index (χ1v) is 7.74. The number of benzene rings is 1. The summed E-state index contributed by atoms with van der Waals surface area (Å²) in [5.74, 6) is 0.443. The zero-order chi connectivity index (χ0) is 15.5. The van der Waals surface area contributed by atoms with Crippen LogP contribution in [0, 0.1) is 5.82 Å². The van der Waals surface area contributed by atoms with E-state index in [-0.39, 0.29) is 11.7 Å². The summed E-state index contributed by atoms with van der Waals surface area (Å²) in [5, 5.41) is 3.30. The van der Waals surface area contributed by atoms with Gasteiger partial charge >= 0.3 is 0 Å². The van der Waals surface area contributed by atoms with Crippen LogP contribution in [0.5, 0.6) is 0 Å². The van der Waals surface area contributed by atoms with E-state index >= 15 is 0 Å². The number of nitrogens with zero attached hydrogens (tertiary/aromatic N) is 2. The fourth-order valence-corrected chi connectivity index (χ4v) is 2.97. The van der Waals surface area contributed by atoms with Gasteiger partial charge < -0.3 is 15.2 Å². The summed E-state index contributed by atoms with van der Waals surface area (Å²) in [4.78, 5) is 21.5. The van der Waals surface area contributed by atoms with Gasteiger partial charge in [-0.3, -0.25) is 4.79 Å². The van der Waals surface area contributed by atoms with Crippen LogP contribution in [0.15, 0.2) is 18.2 Å². The number of piperidine rings is 1. The van der Waals surface area contributed by atoms with E-state index in [2.05, 4.69) is 15.3 Å². The highest BCUT2D eigenvalue weighted by molar-refractivity contribution is 5.77. The zero-order valence-corrected chi connectivity index (χ0v) is 12.7. The van der Waals surface area contributed by atoms with E-state index in [4.69, 9.17) is 0 Å². The lowest BCUT2D eigenvalue weighted by molar-refractivity contribution is -0.132. The second-order valence-electron chi connectivity index (χ2n) is 5.81. The molecule has 0 spiro atoms. The summed E-state index contributed by atoms with van der Waals surface area (Å²) >= 11 is 0.